The highest BCUT2D eigenvalue weighted by atomic mass is 16.5. The topological polar surface area (TPSA) is 59.4 Å². The molecule has 1 aliphatic rings. The second-order valence-corrected chi connectivity index (χ2v) is 4.69. The molecule has 1 saturated heterocycles. The van der Waals surface area contributed by atoms with Crippen molar-refractivity contribution >= 4 is 5.97 Å². The van der Waals surface area contributed by atoms with Crippen molar-refractivity contribution in [3.63, 3.8) is 0 Å². The van der Waals surface area contributed by atoms with Crippen LogP contribution in [0.4, 0.5) is 0 Å². The Balaban J connectivity index is 2.20. The number of rotatable bonds is 3. The number of aromatic nitrogens is 1. The summed E-state index contributed by atoms with van der Waals surface area (Å²) in [7, 11) is 0. The van der Waals surface area contributed by atoms with E-state index in [2.05, 4.69) is 4.98 Å². The molecule has 0 radical (unpaired) electrons. The van der Waals surface area contributed by atoms with Gasteiger partial charge in [-0.15, -0.1) is 0 Å². The van der Waals surface area contributed by atoms with E-state index in [0.29, 0.717) is 19.4 Å². The van der Waals surface area contributed by atoms with Crippen LogP contribution in [0.25, 0.3) is 0 Å². The smallest absolute Gasteiger partial charge is 0.312 e. The zero-order chi connectivity index (χ0) is 12.3. The lowest BCUT2D eigenvalue weighted by atomic mass is 9.78. The van der Waals surface area contributed by atoms with Crippen molar-refractivity contribution < 1.29 is 14.6 Å². The fourth-order valence-corrected chi connectivity index (χ4v) is 2.28. The first-order valence-corrected chi connectivity index (χ1v) is 5.86. The van der Waals surface area contributed by atoms with Gasteiger partial charge in [-0.2, -0.15) is 0 Å². The summed E-state index contributed by atoms with van der Waals surface area (Å²) in [6.45, 7) is 2.86. The molecule has 1 N–H and O–H groups in total. The molecule has 0 bridgehead atoms. The third kappa shape index (κ3) is 2.64. The predicted octanol–water partition coefficient (Wildman–Crippen LogP) is 1.81. The molecule has 0 aliphatic carbocycles. The third-order valence-electron chi connectivity index (χ3n) is 3.24. The largest absolute Gasteiger partial charge is 0.481 e. The van der Waals surface area contributed by atoms with Gasteiger partial charge in [0.15, 0.2) is 0 Å². The number of ether oxygens (including phenoxy) is 1. The summed E-state index contributed by atoms with van der Waals surface area (Å²) in [4.78, 5) is 15.8. The molecule has 92 valence electrons. The number of carboxylic acid groups (broad SMARTS) is 1. The minimum Gasteiger partial charge on any atom is -0.481 e. The Morgan fingerprint density at radius 1 is 1.59 bits per heavy atom. The van der Waals surface area contributed by atoms with E-state index in [9.17, 15) is 9.90 Å². The third-order valence-corrected chi connectivity index (χ3v) is 3.24. The fourth-order valence-electron chi connectivity index (χ4n) is 2.28. The van der Waals surface area contributed by atoms with E-state index in [4.69, 9.17) is 4.74 Å². The van der Waals surface area contributed by atoms with Crippen LogP contribution >= 0.6 is 0 Å². The minimum atomic E-state index is -0.793. The number of carboxylic acids is 1. The van der Waals surface area contributed by atoms with Crippen LogP contribution in [0.5, 0.6) is 0 Å². The number of carbonyl (C=O) groups is 1. The maximum absolute atomic E-state index is 11.5. The standard InChI is InChI=1S/C13H17NO3/c1-10-4-2-5-11(14-10)8-13(12(15)16)6-3-7-17-9-13/h2,4-5H,3,6-9H2,1H3,(H,15,16). The summed E-state index contributed by atoms with van der Waals surface area (Å²) < 4.78 is 5.34. The molecule has 0 saturated carbocycles. The van der Waals surface area contributed by atoms with Gasteiger partial charge in [0, 0.05) is 24.4 Å². The summed E-state index contributed by atoms with van der Waals surface area (Å²) in [5.74, 6) is -0.777. The van der Waals surface area contributed by atoms with Crippen LogP contribution in [0, 0.1) is 12.3 Å². The summed E-state index contributed by atoms with van der Waals surface area (Å²) in [6, 6.07) is 5.71. The van der Waals surface area contributed by atoms with E-state index in [0.717, 1.165) is 17.8 Å². The molecule has 2 rings (SSSR count). The minimum absolute atomic E-state index is 0.290. The van der Waals surface area contributed by atoms with E-state index in [1.165, 1.54) is 0 Å². The first-order valence-electron chi connectivity index (χ1n) is 5.86. The number of hydrogen-bond acceptors (Lipinski definition) is 3. The first-order chi connectivity index (χ1) is 8.12. The molecule has 0 amide bonds. The van der Waals surface area contributed by atoms with E-state index in [-0.39, 0.29) is 6.61 Å². The Kier molecular flexibility index (Phi) is 3.43. The number of aliphatic carboxylic acids is 1. The van der Waals surface area contributed by atoms with Gasteiger partial charge < -0.3 is 9.84 Å². The molecule has 2 heterocycles. The Hall–Kier alpha value is -1.42. The maximum atomic E-state index is 11.5. The van der Waals surface area contributed by atoms with Crippen LogP contribution in [0.1, 0.15) is 24.2 Å². The van der Waals surface area contributed by atoms with Crippen LogP contribution in [0.3, 0.4) is 0 Å². The van der Waals surface area contributed by atoms with Gasteiger partial charge in [0.25, 0.3) is 0 Å². The summed E-state index contributed by atoms with van der Waals surface area (Å²) in [5.41, 5.74) is 0.955. The van der Waals surface area contributed by atoms with E-state index in [1.54, 1.807) is 0 Å². The highest BCUT2D eigenvalue weighted by molar-refractivity contribution is 5.75. The van der Waals surface area contributed by atoms with Gasteiger partial charge in [-0.1, -0.05) is 6.07 Å². The van der Waals surface area contributed by atoms with Crippen LogP contribution < -0.4 is 0 Å². The number of pyridine rings is 1. The lowest BCUT2D eigenvalue weighted by molar-refractivity contribution is -0.157. The Morgan fingerprint density at radius 3 is 3.00 bits per heavy atom. The second-order valence-electron chi connectivity index (χ2n) is 4.69. The van der Waals surface area contributed by atoms with Gasteiger partial charge in [-0.05, 0) is 31.9 Å². The van der Waals surface area contributed by atoms with E-state index >= 15 is 0 Å². The molecule has 4 nitrogen and oxygen atoms in total. The van der Waals surface area contributed by atoms with Gasteiger partial charge in [0.2, 0.25) is 0 Å². The Labute approximate surface area is 101 Å². The monoisotopic (exact) mass is 235 g/mol. The molecule has 1 aliphatic heterocycles. The SMILES string of the molecule is Cc1cccc(CC2(C(=O)O)CCCOC2)n1. The Bertz CT molecular complexity index is 411. The average molecular weight is 235 g/mol. The zero-order valence-electron chi connectivity index (χ0n) is 9.98. The van der Waals surface area contributed by atoms with Crippen molar-refractivity contribution in [2.24, 2.45) is 5.41 Å². The summed E-state index contributed by atoms with van der Waals surface area (Å²) in [6.07, 6.45) is 1.92. The van der Waals surface area contributed by atoms with Crippen LogP contribution in [0.15, 0.2) is 18.2 Å². The van der Waals surface area contributed by atoms with Gasteiger partial charge in [-0.25, -0.2) is 0 Å². The van der Waals surface area contributed by atoms with Crippen molar-refractivity contribution in [3.05, 3.63) is 29.6 Å². The average Bonchev–Trinajstić information content (AvgIpc) is 2.30. The zero-order valence-corrected chi connectivity index (χ0v) is 9.98. The van der Waals surface area contributed by atoms with Crippen LogP contribution in [0.2, 0.25) is 0 Å². The highest BCUT2D eigenvalue weighted by Gasteiger charge is 2.41. The van der Waals surface area contributed by atoms with Crippen molar-refractivity contribution in [3.8, 4) is 0 Å². The lowest BCUT2D eigenvalue weighted by Crippen LogP contribution is -2.41. The van der Waals surface area contributed by atoms with Crippen molar-refractivity contribution in [1.29, 1.82) is 0 Å². The highest BCUT2D eigenvalue weighted by Crippen LogP contribution is 2.32. The quantitative estimate of drug-likeness (QED) is 0.868. The van der Waals surface area contributed by atoms with Crippen molar-refractivity contribution in [1.82, 2.24) is 4.98 Å². The van der Waals surface area contributed by atoms with Crippen molar-refractivity contribution in [2.45, 2.75) is 26.2 Å². The first kappa shape index (κ1) is 12.0. The van der Waals surface area contributed by atoms with Gasteiger partial charge in [0.05, 0.1) is 12.0 Å². The summed E-state index contributed by atoms with van der Waals surface area (Å²) >= 11 is 0. The van der Waals surface area contributed by atoms with Crippen LogP contribution in [-0.4, -0.2) is 29.3 Å². The Morgan fingerprint density at radius 2 is 2.41 bits per heavy atom. The molecule has 4 heteroatoms. The molecular formula is C13H17NO3. The number of hydrogen-bond donors (Lipinski definition) is 1. The molecule has 0 aromatic carbocycles. The predicted molar refractivity (Wildman–Crippen MR) is 62.8 cm³/mol. The molecule has 1 aromatic heterocycles. The molecular weight excluding hydrogens is 218 g/mol. The molecule has 1 aromatic rings. The number of aryl methyl sites for hydroxylation is 1. The van der Waals surface area contributed by atoms with E-state index in [1.807, 2.05) is 25.1 Å². The van der Waals surface area contributed by atoms with Gasteiger partial charge in [0.1, 0.15) is 0 Å². The normalized spacial score (nSPS) is 24.5. The van der Waals surface area contributed by atoms with Gasteiger partial charge >= 0.3 is 5.97 Å². The van der Waals surface area contributed by atoms with Crippen LogP contribution in [-0.2, 0) is 16.0 Å². The molecule has 1 unspecified atom stereocenters. The van der Waals surface area contributed by atoms with Crippen molar-refractivity contribution in [2.75, 3.05) is 13.2 Å². The molecule has 0 spiro atoms. The summed E-state index contributed by atoms with van der Waals surface area (Å²) in [5, 5.41) is 9.41. The lowest BCUT2D eigenvalue weighted by Gasteiger charge is -2.32. The maximum Gasteiger partial charge on any atom is 0.312 e. The number of nitrogens with zero attached hydrogens (tertiary/aromatic N) is 1. The van der Waals surface area contributed by atoms with E-state index < -0.39 is 11.4 Å². The second kappa shape index (κ2) is 4.84. The van der Waals surface area contributed by atoms with Gasteiger partial charge in [-0.3, -0.25) is 9.78 Å². The molecule has 1 fully saturated rings. The molecule has 17 heavy (non-hydrogen) atoms. The molecule has 1 atom stereocenters. The fraction of sp³-hybridized carbons (Fsp3) is 0.538.